The molecule has 98 valence electrons. The quantitative estimate of drug-likeness (QED) is 0.658. The molecule has 1 aliphatic carbocycles. The third kappa shape index (κ3) is 2.97. The molecule has 0 saturated heterocycles. The number of hydrogen-bond donors (Lipinski definition) is 1. The van der Waals surface area contributed by atoms with Crippen molar-refractivity contribution in [3.63, 3.8) is 0 Å². The zero-order valence-electron chi connectivity index (χ0n) is 10.4. The van der Waals surface area contributed by atoms with E-state index in [0.717, 1.165) is 31.7 Å². The highest BCUT2D eigenvalue weighted by Gasteiger charge is 2.21. The average Bonchev–Trinajstić information content (AvgIpc) is 2.32. The Morgan fingerprint density at radius 3 is 2.61 bits per heavy atom. The predicted molar refractivity (Wildman–Crippen MR) is 68.1 cm³/mol. The molecule has 4 nitrogen and oxygen atoms in total. The second-order valence-corrected chi connectivity index (χ2v) is 5.02. The molecule has 18 heavy (non-hydrogen) atoms. The van der Waals surface area contributed by atoms with Crippen molar-refractivity contribution in [1.82, 2.24) is 0 Å². The second-order valence-electron chi connectivity index (χ2n) is 5.02. The van der Waals surface area contributed by atoms with E-state index in [1.54, 1.807) is 0 Å². The van der Waals surface area contributed by atoms with Crippen molar-refractivity contribution in [3.8, 4) is 0 Å². The fourth-order valence-electron chi connectivity index (χ4n) is 2.41. The molecule has 1 aromatic rings. The fraction of sp³-hybridized carbons (Fsp3) is 0.538. The van der Waals surface area contributed by atoms with Gasteiger partial charge >= 0.3 is 0 Å². The normalized spacial score (nSPS) is 23.7. The van der Waals surface area contributed by atoms with Crippen molar-refractivity contribution in [2.45, 2.75) is 38.6 Å². The number of anilines is 1. The van der Waals surface area contributed by atoms with Gasteiger partial charge in [-0.3, -0.25) is 10.1 Å². The number of halogens is 1. The Hall–Kier alpha value is -1.65. The van der Waals surface area contributed by atoms with E-state index in [-0.39, 0.29) is 11.7 Å². The van der Waals surface area contributed by atoms with Crippen LogP contribution < -0.4 is 5.32 Å². The van der Waals surface area contributed by atoms with Crippen molar-refractivity contribution in [1.29, 1.82) is 0 Å². The van der Waals surface area contributed by atoms with Crippen LogP contribution in [0.2, 0.25) is 0 Å². The Morgan fingerprint density at radius 1 is 1.33 bits per heavy atom. The molecule has 0 aromatic heterocycles. The van der Waals surface area contributed by atoms with Crippen LogP contribution in [0.25, 0.3) is 0 Å². The summed E-state index contributed by atoms with van der Waals surface area (Å²) in [4.78, 5) is 10.4. The van der Waals surface area contributed by atoms with Gasteiger partial charge in [0.1, 0.15) is 11.5 Å². The molecule has 1 saturated carbocycles. The number of nitrogens with one attached hydrogen (secondary N) is 1. The molecular formula is C13H17FN2O2. The summed E-state index contributed by atoms with van der Waals surface area (Å²) in [5.74, 6) is 0.262. The van der Waals surface area contributed by atoms with Crippen molar-refractivity contribution < 1.29 is 9.31 Å². The highest BCUT2D eigenvalue weighted by Crippen LogP contribution is 2.30. The predicted octanol–water partition coefficient (Wildman–Crippen LogP) is 3.72. The van der Waals surface area contributed by atoms with Crippen LogP contribution in [-0.4, -0.2) is 11.0 Å². The summed E-state index contributed by atoms with van der Waals surface area (Å²) in [7, 11) is 0. The van der Waals surface area contributed by atoms with Crippen LogP contribution in [0.1, 0.15) is 32.6 Å². The van der Waals surface area contributed by atoms with Crippen LogP contribution in [0.4, 0.5) is 15.8 Å². The number of nitro benzene ring substituents is 1. The maximum atomic E-state index is 13.2. The number of hydrogen-bond acceptors (Lipinski definition) is 3. The van der Waals surface area contributed by atoms with Gasteiger partial charge in [-0.05, 0) is 37.7 Å². The molecule has 0 unspecified atom stereocenters. The minimum absolute atomic E-state index is 0.0602. The van der Waals surface area contributed by atoms with Crippen LogP contribution in [0.3, 0.4) is 0 Å². The zero-order chi connectivity index (χ0) is 13.1. The molecule has 0 amide bonds. The molecular weight excluding hydrogens is 235 g/mol. The van der Waals surface area contributed by atoms with Gasteiger partial charge in [-0.15, -0.1) is 0 Å². The maximum Gasteiger partial charge on any atom is 0.292 e. The van der Waals surface area contributed by atoms with Gasteiger partial charge < -0.3 is 5.32 Å². The van der Waals surface area contributed by atoms with Gasteiger partial charge in [0, 0.05) is 18.2 Å². The third-order valence-electron chi connectivity index (χ3n) is 3.53. The number of benzene rings is 1. The highest BCUT2D eigenvalue weighted by atomic mass is 19.1. The third-order valence-corrected chi connectivity index (χ3v) is 3.53. The molecule has 2 rings (SSSR count). The fourth-order valence-corrected chi connectivity index (χ4v) is 2.41. The van der Waals surface area contributed by atoms with Gasteiger partial charge in [0.05, 0.1) is 4.92 Å². The topological polar surface area (TPSA) is 55.2 Å². The Balaban J connectivity index is 2.12. The van der Waals surface area contributed by atoms with E-state index in [1.165, 1.54) is 12.1 Å². The van der Waals surface area contributed by atoms with E-state index in [9.17, 15) is 14.5 Å². The van der Waals surface area contributed by atoms with Gasteiger partial charge in [-0.2, -0.15) is 0 Å². The lowest BCUT2D eigenvalue weighted by atomic mass is 9.87. The van der Waals surface area contributed by atoms with Crippen LogP contribution in [-0.2, 0) is 0 Å². The van der Waals surface area contributed by atoms with E-state index in [4.69, 9.17) is 0 Å². The van der Waals surface area contributed by atoms with Gasteiger partial charge in [-0.25, -0.2) is 4.39 Å². The first-order valence-electron chi connectivity index (χ1n) is 6.26. The number of rotatable bonds is 3. The minimum Gasteiger partial charge on any atom is -0.377 e. The minimum atomic E-state index is -0.479. The Kier molecular flexibility index (Phi) is 3.79. The van der Waals surface area contributed by atoms with E-state index in [0.29, 0.717) is 11.6 Å². The largest absolute Gasteiger partial charge is 0.377 e. The van der Waals surface area contributed by atoms with E-state index in [2.05, 4.69) is 12.2 Å². The first kappa shape index (κ1) is 12.8. The lowest BCUT2D eigenvalue weighted by molar-refractivity contribution is -0.384. The zero-order valence-corrected chi connectivity index (χ0v) is 10.4. The first-order valence-corrected chi connectivity index (χ1v) is 6.26. The van der Waals surface area contributed by atoms with Crippen LogP contribution in [0, 0.1) is 21.8 Å². The summed E-state index contributed by atoms with van der Waals surface area (Å²) in [6.07, 6.45) is 4.19. The van der Waals surface area contributed by atoms with E-state index >= 15 is 0 Å². The van der Waals surface area contributed by atoms with Crippen molar-refractivity contribution in [3.05, 3.63) is 34.1 Å². The van der Waals surface area contributed by atoms with Crippen LogP contribution in [0.5, 0.6) is 0 Å². The standard InChI is InChI=1S/C13H17FN2O2/c1-9-2-5-11(6-3-9)15-12-8-10(14)4-7-13(12)16(17)18/h4,7-9,11,15H,2-3,5-6H2,1H3. The summed E-state index contributed by atoms with van der Waals surface area (Å²) in [5.41, 5.74) is 0.231. The Morgan fingerprint density at radius 2 is 2.00 bits per heavy atom. The molecule has 0 heterocycles. The van der Waals surface area contributed by atoms with Gasteiger partial charge in [0.25, 0.3) is 5.69 Å². The lowest BCUT2D eigenvalue weighted by Crippen LogP contribution is -2.25. The van der Waals surface area contributed by atoms with Crippen molar-refractivity contribution in [2.24, 2.45) is 5.92 Å². The lowest BCUT2D eigenvalue weighted by Gasteiger charge is -2.27. The van der Waals surface area contributed by atoms with E-state index in [1.807, 2.05) is 0 Å². The maximum absolute atomic E-state index is 13.2. The molecule has 0 radical (unpaired) electrons. The highest BCUT2D eigenvalue weighted by molar-refractivity contribution is 5.61. The van der Waals surface area contributed by atoms with Crippen LogP contribution >= 0.6 is 0 Å². The van der Waals surface area contributed by atoms with Crippen molar-refractivity contribution in [2.75, 3.05) is 5.32 Å². The van der Waals surface area contributed by atoms with Gasteiger partial charge in [-0.1, -0.05) is 6.92 Å². The summed E-state index contributed by atoms with van der Waals surface area (Å²) >= 11 is 0. The Bertz CT molecular complexity index is 443. The smallest absolute Gasteiger partial charge is 0.292 e. The summed E-state index contributed by atoms with van der Waals surface area (Å²) in [6.45, 7) is 2.21. The molecule has 0 spiro atoms. The molecule has 5 heteroatoms. The Labute approximate surface area is 105 Å². The molecule has 0 aliphatic heterocycles. The average molecular weight is 252 g/mol. The van der Waals surface area contributed by atoms with Crippen molar-refractivity contribution >= 4 is 11.4 Å². The molecule has 1 aliphatic rings. The van der Waals surface area contributed by atoms with E-state index < -0.39 is 10.7 Å². The van der Waals surface area contributed by atoms with Gasteiger partial charge in [0.15, 0.2) is 0 Å². The van der Waals surface area contributed by atoms with Crippen LogP contribution in [0.15, 0.2) is 18.2 Å². The second kappa shape index (κ2) is 5.33. The SMILES string of the molecule is CC1CCC(Nc2cc(F)ccc2[N+](=O)[O-])CC1. The first-order chi connectivity index (χ1) is 8.56. The number of nitro groups is 1. The summed E-state index contributed by atoms with van der Waals surface area (Å²) in [6, 6.07) is 3.74. The monoisotopic (exact) mass is 252 g/mol. The molecule has 1 fully saturated rings. The molecule has 0 atom stereocenters. The summed E-state index contributed by atoms with van der Waals surface area (Å²) < 4.78 is 13.2. The molecule has 1 N–H and O–H groups in total. The molecule has 1 aromatic carbocycles. The summed E-state index contributed by atoms with van der Waals surface area (Å²) in [5, 5.41) is 14.0. The number of nitrogens with zero attached hydrogens (tertiary/aromatic N) is 1. The molecule has 0 bridgehead atoms. The van der Waals surface area contributed by atoms with Gasteiger partial charge in [0.2, 0.25) is 0 Å².